The van der Waals surface area contributed by atoms with E-state index in [9.17, 15) is 14.4 Å². The van der Waals surface area contributed by atoms with Gasteiger partial charge in [-0.3, -0.25) is 4.79 Å². The SMILES string of the molecule is CCOC(=O)/C=C(/CC(C)=O)C(=O)OCC. The molecule has 0 aliphatic rings. The van der Waals surface area contributed by atoms with Crippen LogP contribution in [-0.4, -0.2) is 30.9 Å². The molecule has 0 N–H and O–H groups in total. The molecule has 0 saturated carbocycles. The van der Waals surface area contributed by atoms with E-state index in [4.69, 9.17) is 4.74 Å². The van der Waals surface area contributed by atoms with E-state index in [1.807, 2.05) is 0 Å². The minimum absolute atomic E-state index is 0.0211. The Labute approximate surface area is 94.4 Å². The quantitative estimate of drug-likeness (QED) is 0.501. The molecule has 0 aliphatic carbocycles. The zero-order chi connectivity index (χ0) is 12.6. The standard InChI is InChI=1S/C11H16O5/c1-4-15-10(13)7-9(6-8(3)12)11(14)16-5-2/h7H,4-6H2,1-3H3/b9-7-. The third kappa shape index (κ3) is 5.95. The first kappa shape index (κ1) is 14.3. The average molecular weight is 228 g/mol. The number of ketones is 1. The van der Waals surface area contributed by atoms with Crippen molar-refractivity contribution >= 4 is 17.7 Å². The van der Waals surface area contributed by atoms with Crippen molar-refractivity contribution in [1.82, 2.24) is 0 Å². The second-order valence-electron chi connectivity index (χ2n) is 3.02. The number of carbonyl (C=O) groups excluding carboxylic acids is 3. The summed E-state index contributed by atoms with van der Waals surface area (Å²) in [6, 6.07) is 0. The van der Waals surface area contributed by atoms with Crippen LogP contribution in [0.2, 0.25) is 0 Å². The van der Waals surface area contributed by atoms with E-state index in [2.05, 4.69) is 4.74 Å². The van der Waals surface area contributed by atoms with Gasteiger partial charge < -0.3 is 9.47 Å². The lowest BCUT2D eigenvalue weighted by molar-refractivity contribution is -0.141. The number of carbonyl (C=O) groups is 3. The molecule has 0 atom stereocenters. The van der Waals surface area contributed by atoms with Gasteiger partial charge in [0.1, 0.15) is 5.78 Å². The lowest BCUT2D eigenvalue weighted by Crippen LogP contribution is -2.13. The van der Waals surface area contributed by atoms with Crippen LogP contribution in [0, 0.1) is 0 Å². The number of hydrogen-bond acceptors (Lipinski definition) is 5. The molecule has 0 spiro atoms. The van der Waals surface area contributed by atoms with E-state index in [1.54, 1.807) is 13.8 Å². The summed E-state index contributed by atoms with van der Waals surface area (Å²) in [5, 5.41) is 0. The van der Waals surface area contributed by atoms with E-state index in [0.717, 1.165) is 6.08 Å². The largest absolute Gasteiger partial charge is 0.463 e. The fourth-order valence-corrected chi connectivity index (χ4v) is 1.00. The fourth-order valence-electron chi connectivity index (χ4n) is 1.00. The number of ether oxygens (including phenoxy) is 2. The maximum absolute atomic E-state index is 11.4. The van der Waals surface area contributed by atoms with E-state index in [-0.39, 0.29) is 31.0 Å². The van der Waals surface area contributed by atoms with Gasteiger partial charge in [0.25, 0.3) is 0 Å². The van der Waals surface area contributed by atoms with Gasteiger partial charge in [-0.2, -0.15) is 0 Å². The molecule has 0 aromatic heterocycles. The van der Waals surface area contributed by atoms with Gasteiger partial charge in [0.05, 0.1) is 18.8 Å². The van der Waals surface area contributed by atoms with Gasteiger partial charge in [0.2, 0.25) is 0 Å². The highest BCUT2D eigenvalue weighted by Gasteiger charge is 2.15. The van der Waals surface area contributed by atoms with Gasteiger partial charge in [0.15, 0.2) is 0 Å². The molecule has 0 bridgehead atoms. The van der Waals surface area contributed by atoms with Crippen LogP contribution in [0.4, 0.5) is 0 Å². The van der Waals surface area contributed by atoms with Crippen molar-refractivity contribution in [1.29, 1.82) is 0 Å². The normalized spacial score (nSPS) is 10.8. The van der Waals surface area contributed by atoms with E-state index < -0.39 is 11.9 Å². The summed E-state index contributed by atoms with van der Waals surface area (Å²) in [6.45, 7) is 5.04. The Kier molecular flexibility index (Phi) is 6.83. The second kappa shape index (κ2) is 7.62. The molecule has 0 fully saturated rings. The molecule has 0 rings (SSSR count). The lowest BCUT2D eigenvalue weighted by atomic mass is 10.1. The smallest absolute Gasteiger partial charge is 0.334 e. The van der Waals surface area contributed by atoms with Crippen molar-refractivity contribution in [2.45, 2.75) is 27.2 Å². The van der Waals surface area contributed by atoms with Gasteiger partial charge >= 0.3 is 11.9 Å². The predicted molar refractivity (Wildman–Crippen MR) is 56.6 cm³/mol. The Morgan fingerprint density at radius 3 is 2.06 bits per heavy atom. The van der Waals surface area contributed by atoms with Crippen molar-refractivity contribution in [3.63, 3.8) is 0 Å². The maximum atomic E-state index is 11.4. The number of rotatable bonds is 6. The van der Waals surface area contributed by atoms with Crippen LogP contribution in [0.5, 0.6) is 0 Å². The van der Waals surface area contributed by atoms with Crippen LogP contribution in [-0.2, 0) is 23.9 Å². The van der Waals surface area contributed by atoms with E-state index >= 15 is 0 Å². The van der Waals surface area contributed by atoms with Gasteiger partial charge in [-0.1, -0.05) is 0 Å². The molecule has 5 nitrogen and oxygen atoms in total. The highest BCUT2D eigenvalue weighted by Crippen LogP contribution is 2.06. The zero-order valence-electron chi connectivity index (χ0n) is 9.74. The summed E-state index contributed by atoms with van der Waals surface area (Å²) >= 11 is 0. The number of hydrogen-bond donors (Lipinski definition) is 0. The summed E-state index contributed by atoms with van der Waals surface area (Å²) in [5.74, 6) is -1.53. The summed E-state index contributed by atoms with van der Waals surface area (Å²) in [6.07, 6.45) is 0.876. The van der Waals surface area contributed by atoms with E-state index in [1.165, 1.54) is 6.92 Å². The predicted octanol–water partition coefficient (Wildman–Crippen LogP) is 1.02. The summed E-state index contributed by atoms with van der Waals surface area (Å²) in [5.41, 5.74) is 0.0211. The van der Waals surface area contributed by atoms with Crippen LogP contribution < -0.4 is 0 Å². The third-order valence-electron chi connectivity index (χ3n) is 1.56. The molecule has 0 saturated heterocycles. The van der Waals surface area contributed by atoms with Crippen LogP contribution in [0.1, 0.15) is 27.2 Å². The Morgan fingerprint density at radius 1 is 1.06 bits per heavy atom. The van der Waals surface area contributed by atoms with Crippen molar-refractivity contribution in [3.8, 4) is 0 Å². The molecular formula is C11H16O5. The highest BCUT2D eigenvalue weighted by atomic mass is 16.5. The molecular weight excluding hydrogens is 212 g/mol. The Hall–Kier alpha value is -1.65. The minimum Gasteiger partial charge on any atom is -0.463 e. The van der Waals surface area contributed by atoms with Crippen LogP contribution >= 0.6 is 0 Å². The molecule has 0 aromatic carbocycles. The monoisotopic (exact) mass is 228 g/mol. The van der Waals surface area contributed by atoms with Crippen molar-refractivity contribution in [2.75, 3.05) is 13.2 Å². The van der Waals surface area contributed by atoms with E-state index in [0.29, 0.717) is 0 Å². The Morgan fingerprint density at radius 2 is 1.62 bits per heavy atom. The topological polar surface area (TPSA) is 69.7 Å². The van der Waals surface area contributed by atoms with Crippen molar-refractivity contribution in [3.05, 3.63) is 11.6 Å². The van der Waals surface area contributed by atoms with Gasteiger partial charge in [-0.15, -0.1) is 0 Å². The fraction of sp³-hybridized carbons (Fsp3) is 0.545. The molecule has 0 radical (unpaired) electrons. The first-order valence-electron chi connectivity index (χ1n) is 5.05. The average Bonchev–Trinajstić information content (AvgIpc) is 2.16. The minimum atomic E-state index is -0.661. The van der Waals surface area contributed by atoms with Crippen LogP contribution in [0.3, 0.4) is 0 Å². The summed E-state index contributed by atoms with van der Waals surface area (Å²) in [7, 11) is 0. The first-order chi connectivity index (χ1) is 7.51. The molecule has 16 heavy (non-hydrogen) atoms. The lowest BCUT2D eigenvalue weighted by Gasteiger charge is -2.04. The van der Waals surface area contributed by atoms with Crippen molar-refractivity contribution < 1.29 is 23.9 Å². The first-order valence-corrected chi connectivity index (χ1v) is 5.05. The summed E-state index contributed by atoms with van der Waals surface area (Å²) < 4.78 is 9.36. The molecule has 5 heteroatoms. The molecule has 0 amide bonds. The molecule has 0 unspecified atom stereocenters. The van der Waals surface area contributed by atoms with Gasteiger partial charge in [-0.25, -0.2) is 9.59 Å². The van der Waals surface area contributed by atoms with Gasteiger partial charge in [0, 0.05) is 12.5 Å². The molecule has 0 heterocycles. The Bertz CT molecular complexity index is 303. The summed E-state index contributed by atoms with van der Waals surface area (Å²) in [4.78, 5) is 33.4. The zero-order valence-corrected chi connectivity index (χ0v) is 9.74. The maximum Gasteiger partial charge on any atom is 0.334 e. The van der Waals surface area contributed by atoms with Crippen molar-refractivity contribution in [2.24, 2.45) is 0 Å². The molecule has 90 valence electrons. The van der Waals surface area contributed by atoms with Crippen LogP contribution in [0.25, 0.3) is 0 Å². The Balaban J connectivity index is 4.71. The molecule has 0 aromatic rings. The van der Waals surface area contributed by atoms with Crippen LogP contribution in [0.15, 0.2) is 11.6 Å². The second-order valence-corrected chi connectivity index (χ2v) is 3.02. The highest BCUT2D eigenvalue weighted by molar-refractivity contribution is 6.00. The van der Waals surface area contributed by atoms with Gasteiger partial charge in [-0.05, 0) is 20.8 Å². The number of esters is 2. The third-order valence-corrected chi connectivity index (χ3v) is 1.56. The molecule has 0 aliphatic heterocycles. The number of Topliss-reactive ketones (excluding diaryl/α,β-unsaturated/α-hetero) is 1.